The monoisotopic (exact) mass is 224 g/mol. The van der Waals surface area contributed by atoms with E-state index in [1.807, 2.05) is 29.7 Å². The van der Waals surface area contributed by atoms with Crippen molar-refractivity contribution < 1.29 is 0 Å². The Morgan fingerprint density at radius 1 is 1.47 bits per heavy atom. The highest BCUT2D eigenvalue weighted by atomic mass is 35.5. The highest BCUT2D eigenvalue weighted by molar-refractivity contribution is 6.29. The smallest absolute Gasteiger partial charge is 0.162 e. The molecular formula is C10H13ClN4. The Labute approximate surface area is 93.5 Å². The van der Waals surface area contributed by atoms with Gasteiger partial charge in [-0.3, -0.25) is 0 Å². The minimum Gasteiger partial charge on any atom is -0.363 e. The molecule has 5 heteroatoms. The van der Waals surface area contributed by atoms with Crippen molar-refractivity contribution in [1.82, 2.24) is 14.6 Å². The van der Waals surface area contributed by atoms with E-state index in [2.05, 4.69) is 17.0 Å². The molecule has 2 rings (SSSR count). The van der Waals surface area contributed by atoms with E-state index in [0.717, 1.165) is 23.4 Å². The van der Waals surface area contributed by atoms with E-state index in [9.17, 15) is 0 Å². The van der Waals surface area contributed by atoms with Crippen LogP contribution >= 0.6 is 11.6 Å². The van der Waals surface area contributed by atoms with Crippen molar-refractivity contribution >= 4 is 23.1 Å². The predicted molar refractivity (Wildman–Crippen MR) is 61.7 cm³/mol. The number of nitrogens with zero attached hydrogens (tertiary/aromatic N) is 4. The molecule has 0 aromatic carbocycles. The molecule has 0 saturated carbocycles. The van der Waals surface area contributed by atoms with Crippen LogP contribution in [0.25, 0.3) is 5.65 Å². The molecular weight excluding hydrogens is 212 g/mol. The minimum absolute atomic E-state index is 0.501. The third-order valence-corrected chi connectivity index (χ3v) is 2.53. The lowest BCUT2D eigenvalue weighted by molar-refractivity contribution is 0.896. The zero-order valence-corrected chi connectivity index (χ0v) is 9.78. The molecule has 0 spiro atoms. The van der Waals surface area contributed by atoms with Crippen LogP contribution in [0.2, 0.25) is 5.15 Å². The molecule has 15 heavy (non-hydrogen) atoms. The SMILES string of the molecule is CCc1cnn2c(N(C)C)cc(Cl)nc12. The zero-order chi connectivity index (χ0) is 11.0. The van der Waals surface area contributed by atoms with Gasteiger partial charge in [0.2, 0.25) is 0 Å². The van der Waals surface area contributed by atoms with E-state index in [1.54, 1.807) is 6.07 Å². The van der Waals surface area contributed by atoms with Crippen molar-refractivity contribution in [3.63, 3.8) is 0 Å². The summed E-state index contributed by atoms with van der Waals surface area (Å²) in [6, 6.07) is 1.81. The molecule has 0 fully saturated rings. The second kappa shape index (κ2) is 3.70. The van der Waals surface area contributed by atoms with Gasteiger partial charge in [0.25, 0.3) is 0 Å². The molecule has 80 valence electrons. The van der Waals surface area contributed by atoms with Crippen LogP contribution in [-0.4, -0.2) is 28.7 Å². The Balaban J connectivity index is 2.76. The maximum atomic E-state index is 5.97. The van der Waals surface area contributed by atoms with Gasteiger partial charge in [0, 0.05) is 25.7 Å². The average molecular weight is 225 g/mol. The fraction of sp³-hybridized carbons (Fsp3) is 0.400. The topological polar surface area (TPSA) is 33.4 Å². The number of anilines is 1. The molecule has 0 radical (unpaired) electrons. The first-order chi connectivity index (χ1) is 7.13. The molecule has 0 aliphatic carbocycles. The van der Waals surface area contributed by atoms with Crippen LogP contribution in [0.15, 0.2) is 12.3 Å². The van der Waals surface area contributed by atoms with Gasteiger partial charge in [0.15, 0.2) is 5.65 Å². The quantitative estimate of drug-likeness (QED) is 0.732. The highest BCUT2D eigenvalue weighted by Crippen LogP contribution is 2.20. The molecule has 0 aliphatic rings. The first-order valence-corrected chi connectivity index (χ1v) is 5.21. The van der Waals surface area contributed by atoms with Crippen LogP contribution in [0.3, 0.4) is 0 Å². The normalized spacial score (nSPS) is 10.9. The summed E-state index contributed by atoms with van der Waals surface area (Å²) in [4.78, 5) is 6.25. The molecule has 2 aromatic heterocycles. The number of hydrogen-bond acceptors (Lipinski definition) is 3. The standard InChI is InChI=1S/C10H13ClN4/c1-4-7-6-12-15-9(14(2)3)5-8(11)13-10(7)15/h5-6H,4H2,1-3H3. The van der Waals surface area contributed by atoms with E-state index in [-0.39, 0.29) is 0 Å². The molecule has 2 aromatic rings. The molecule has 0 saturated heterocycles. The lowest BCUT2D eigenvalue weighted by Crippen LogP contribution is -2.14. The van der Waals surface area contributed by atoms with Crippen molar-refractivity contribution in [3.8, 4) is 0 Å². The van der Waals surface area contributed by atoms with E-state index < -0.39 is 0 Å². The van der Waals surface area contributed by atoms with Crippen molar-refractivity contribution in [2.45, 2.75) is 13.3 Å². The molecule has 0 atom stereocenters. The fourth-order valence-electron chi connectivity index (χ4n) is 1.53. The third-order valence-electron chi connectivity index (χ3n) is 2.33. The van der Waals surface area contributed by atoms with Crippen molar-refractivity contribution in [2.24, 2.45) is 0 Å². The summed E-state index contributed by atoms with van der Waals surface area (Å²) in [5.41, 5.74) is 1.95. The Morgan fingerprint density at radius 2 is 2.20 bits per heavy atom. The molecule has 2 heterocycles. The number of aryl methyl sites for hydroxylation is 1. The summed E-state index contributed by atoms with van der Waals surface area (Å²) >= 11 is 5.97. The fourth-order valence-corrected chi connectivity index (χ4v) is 1.71. The lowest BCUT2D eigenvalue weighted by atomic mass is 10.3. The summed E-state index contributed by atoms with van der Waals surface area (Å²) in [7, 11) is 3.91. The predicted octanol–water partition coefficient (Wildman–Crippen LogP) is 2.01. The van der Waals surface area contributed by atoms with E-state index >= 15 is 0 Å². The van der Waals surface area contributed by atoms with E-state index in [0.29, 0.717) is 5.15 Å². The van der Waals surface area contributed by atoms with Crippen LogP contribution in [0.5, 0.6) is 0 Å². The summed E-state index contributed by atoms with van der Waals surface area (Å²) in [5.74, 6) is 0.935. The number of hydrogen-bond donors (Lipinski definition) is 0. The maximum absolute atomic E-state index is 5.97. The van der Waals surface area contributed by atoms with Crippen molar-refractivity contribution in [3.05, 3.63) is 23.0 Å². The third kappa shape index (κ3) is 1.65. The summed E-state index contributed by atoms with van der Waals surface area (Å²) < 4.78 is 1.81. The van der Waals surface area contributed by atoms with Crippen LogP contribution < -0.4 is 4.90 Å². The molecule has 0 unspecified atom stereocenters. The maximum Gasteiger partial charge on any atom is 0.162 e. The van der Waals surface area contributed by atoms with Gasteiger partial charge >= 0.3 is 0 Å². The van der Waals surface area contributed by atoms with Gasteiger partial charge in [-0.15, -0.1) is 0 Å². The van der Waals surface area contributed by atoms with Gasteiger partial charge in [-0.05, 0) is 6.42 Å². The molecule has 0 bridgehead atoms. The lowest BCUT2D eigenvalue weighted by Gasteiger charge is -2.13. The first-order valence-electron chi connectivity index (χ1n) is 4.84. The number of fused-ring (bicyclic) bond motifs is 1. The Kier molecular flexibility index (Phi) is 2.52. The Hall–Kier alpha value is -1.29. The Morgan fingerprint density at radius 3 is 2.80 bits per heavy atom. The average Bonchev–Trinajstić information content (AvgIpc) is 2.58. The van der Waals surface area contributed by atoms with Gasteiger partial charge in [-0.2, -0.15) is 9.61 Å². The zero-order valence-electron chi connectivity index (χ0n) is 9.03. The molecule has 0 amide bonds. The van der Waals surface area contributed by atoms with Crippen LogP contribution in [0, 0.1) is 0 Å². The van der Waals surface area contributed by atoms with Crippen molar-refractivity contribution in [2.75, 3.05) is 19.0 Å². The van der Waals surface area contributed by atoms with Crippen molar-refractivity contribution in [1.29, 1.82) is 0 Å². The van der Waals surface area contributed by atoms with Gasteiger partial charge in [-0.25, -0.2) is 4.98 Å². The second-order valence-corrected chi connectivity index (χ2v) is 3.98. The van der Waals surface area contributed by atoms with Gasteiger partial charge < -0.3 is 4.90 Å². The van der Waals surface area contributed by atoms with Gasteiger partial charge in [0.05, 0.1) is 6.20 Å². The van der Waals surface area contributed by atoms with Crippen LogP contribution in [0.1, 0.15) is 12.5 Å². The number of halogens is 1. The molecule has 4 nitrogen and oxygen atoms in total. The summed E-state index contributed by atoms with van der Waals surface area (Å²) in [5, 5.41) is 4.81. The highest BCUT2D eigenvalue weighted by Gasteiger charge is 2.10. The Bertz CT molecular complexity index is 489. The van der Waals surface area contributed by atoms with E-state index in [4.69, 9.17) is 11.6 Å². The first kappa shape index (κ1) is 10.2. The van der Waals surface area contributed by atoms with Gasteiger partial charge in [-0.1, -0.05) is 18.5 Å². The summed E-state index contributed by atoms with van der Waals surface area (Å²) in [6.45, 7) is 2.08. The number of rotatable bonds is 2. The minimum atomic E-state index is 0.501. The molecule has 0 N–H and O–H groups in total. The van der Waals surface area contributed by atoms with E-state index in [1.165, 1.54) is 0 Å². The van der Waals surface area contributed by atoms with Crippen LogP contribution in [0.4, 0.5) is 5.82 Å². The summed E-state index contributed by atoms with van der Waals surface area (Å²) in [6.07, 6.45) is 2.75. The number of aromatic nitrogens is 3. The van der Waals surface area contributed by atoms with Crippen LogP contribution in [-0.2, 0) is 6.42 Å². The van der Waals surface area contributed by atoms with Gasteiger partial charge in [0.1, 0.15) is 11.0 Å². The largest absolute Gasteiger partial charge is 0.363 e. The molecule has 0 aliphatic heterocycles. The second-order valence-electron chi connectivity index (χ2n) is 3.59.